The first-order valence-corrected chi connectivity index (χ1v) is 10.7. The second kappa shape index (κ2) is 9.82. The smallest absolute Gasteiger partial charge is 0.131 e. The number of hydrogen-bond donors (Lipinski definition) is 0. The van der Waals surface area contributed by atoms with Gasteiger partial charge in [-0.15, -0.1) is 6.58 Å². The Morgan fingerprint density at radius 2 is 1.52 bits per heavy atom. The molecule has 0 unspecified atom stereocenters. The molecule has 0 radical (unpaired) electrons. The highest BCUT2D eigenvalue weighted by Crippen LogP contribution is 2.44. The molecule has 2 fully saturated rings. The zero-order chi connectivity index (χ0) is 19.2. The second-order valence-corrected chi connectivity index (χ2v) is 8.65. The third-order valence-electron chi connectivity index (χ3n) is 7.03. The summed E-state index contributed by atoms with van der Waals surface area (Å²) in [5.41, 5.74) is 0.875. The third kappa shape index (κ3) is 5.19. The molecule has 0 heterocycles. The van der Waals surface area contributed by atoms with Crippen LogP contribution in [0.25, 0.3) is 0 Å². The summed E-state index contributed by atoms with van der Waals surface area (Å²) in [7, 11) is 1.46. The minimum atomic E-state index is -0.466. The Labute approximate surface area is 163 Å². The maximum absolute atomic E-state index is 14.2. The Kier molecular flexibility index (Phi) is 7.46. The quantitative estimate of drug-likeness (QED) is 0.459. The van der Waals surface area contributed by atoms with Crippen molar-refractivity contribution in [3.63, 3.8) is 0 Å². The molecule has 0 saturated heterocycles. The Bertz CT molecular complexity index is 588. The lowest BCUT2D eigenvalue weighted by molar-refractivity contribution is 0.157. The van der Waals surface area contributed by atoms with Crippen molar-refractivity contribution >= 4 is 0 Å². The zero-order valence-corrected chi connectivity index (χ0v) is 16.7. The van der Waals surface area contributed by atoms with E-state index < -0.39 is 11.6 Å². The largest absolute Gasteiger partial charge is 0.380 e. The number of benzene rings is 1. The SMILES string of the molecule is C=CCC[C@H]1CC[C@H]([C@H]2CC[C@H](c3cc(F)c(COC)c(F)c3)CC2)CC1. The van der Waals surface area contributed by atoms with Crippen LogP contribution in [0, 0.1) is 29.4 Å². The van der Waals surface area contributed by atoms with Crippen LogP contribution in [0.4, 0.5) is 8.78 Å². The highest BCUT2D eigenvalue weighted by molar-refractivity contribution is 5.28. The van der Waals surface area contributed by atoms with Gasteiger partial charge in [0.05, 0.1) is 6.61 Å². The number of rotatable bonds is 7. The molecule has 1 aromatic rings. The van der Waals surface area contributed by atoms with E-state index in [0.717, 1.165) is 42.6 Å². The van der Waals surface area contributed by atoms with Crippen LogP contribution in [-0.2, 0) is 11.3 Å². The lowest BCUT2D eigenvalue weighted by atomic mass is 9.68. The van der Waals surface area contributed by atoms with Gasteiger partial charge in [-0.1, -0.05) is 18.9 Å². The van der Waals surface area contributed by atoms with Crippen LogP contribution in [0.15, 0.2) is 24.8 Å². The van der Waals surface area contributed by atoms with E-state index in [1.165, 1.54) is 64.2 Å². The van der Waals surface area contributed by atoms with Gasteiger partial charge in [-0.2, -0.15) is 0 Å². The summed E-state index contributed by atoms with van der Waals surface area (Å²) in [4.78, 5) is 0. The van der Waals surface area contributed by atoms with Gasteiger partial charge >= 0.3 is 0 Å². The third-order valence-corrected chi connectivity index (χ3v) is 7.03. The maximum Gasteiger partial charge on any atom is 0.131 e. The fraction of sp³-hybridized carbons (Fsp3) is 0.667. The normalized spacial score (nSPS) is 28.9. The molecule has 2 aliphatic rings. The molecule has 27 heavy (non-hydrogen) atoms. The van der Waals surface area contributed by atoms with Crippen molar-refractivity contribution in [1.82, 2.24) is 0 Å². The Morgan fingerprint density at radius 3 is 2.04 bits per heavy atom. The van der Waals surface area contributed by atoms with Crippen LogP contribution in [0.2, 0.25) is 0 Å². The summed E-state index contributed by atoms with van der Waals surface area (Å²) in [6.07, 6.45) is 14.5. The van der Waals surface area contributed by atoms with E-state index in [-0.39, 0.29) is 12.2 Å². The summed E-state index contributed by atoms with van der Waals surface area (Å²) >= 11 is 0. The van der Waals surface area contributed by atoms with Crippen LogP contribution < -0.4 is 0 Å². The van der Waals surface area contributed by atoms with Gasteiger partial charge in [-0.25, -0.2) is 8.78 Å². The summed E-state index contributed by atoms with van der Waals surface area (Å²) in [6.45, 7) is 3.82. The number of hydrogen-bond acceptors (Lipinski definition) is 1. The van der Waals surface area contributed by atoms with Crippen LogP contribution in [-0.4, -0.2) is 7.11 Å². The second-order valence-electron chi connectivity index (χ2n) is 8.65. The lowest BCUT2D eigenvalue weighted by Gasteiger charge is -2.38. The minimum Gasteiger partial charge on any atom is -0.380 e. The predicted octanol–water partition coefficient (Wildman–Crippen LogP) is 7.16. The van der Waals surface area contributed by atoms with Crippen LogP contribution in [0.1, 0.15) is 81.3 Å². The summed E-state index contributed by atoms with van der Waals surface area (Å²) in [5.74, 6) is 1.93. The molecule has 0 atom stereocenters. The Morgan fingerprint density at radius 1 is 0.963 bits per heavy atom. The van der Waals surface area contributed by atoms with Gasteiger partial charge in [0.15, 0.2) is 0 Å². The van der Waals surface area contributed by atoms with Gasteiger partial charge in [-0.05, 0) is 92.7 Å². The number of methoxy groups -OCH3 is 1. The van der Waals surface area contributed by atoms with Crippen LogP contribution in [0.3, 0.4) is 0 Å². The van der Waals surface area contributed by atoms with Gasteiger partial charge in [-0.3, -0.25) is 0 Å². The van der Waals surface area contributed by atoms with Crippen molar-refractivity contribution in [1.29, 1.82) is 0 Å². The van der Waals surface area contributed by atoms with Crippen LogP contribution >= 0.6 is 0 Å². The first kappa shape index (κ1) is 20.5. The first-order chi connectivity index (χ1) is 13.1. The van der Waals surface area contributed by atoms with Crippen molar-refractivity contribution in [2.24, 2.45) is 17.8 Å². The predicted molar refractivity (Wildman–Crippen MR) is 107 cm³/mol. The molecule has 0 bridgehead atoms. The molecule has 2 saturated carbocycles. The molecular formula is C24H34F2O. The molecule has 3 heteroatoms. The average Bonchev–Trinajstić information content (AvgIpc) is 2.69. The molecule has 1 nitrogen and oxygen atoms in total. The molecule has 150 valence electrons. The van der Waals surface area contributed by atoms with E-state index in [0.29, 0.717) is 5.92 Å². The monoisotopic (exact) mass is 376 g/mol. The van der Waals surface area contributed by atoms with Gasteiger partial charge in [0.25, 0.3) is 0 Å². The molecular weight excluding hydrogens is 342 g/mol. The van der Waals surface area contributed by atoms with Crippen LogP contribution in [0.5, 0.6) is 0 Å². The molecule has 1 aromatic carbocycles. The van der Waals surface area contributed by atoms with Crippen molar-refractivity contribution in [3.05, 3.63) is 47.5 Å². The zero-order valence-electron chi connectivity index (χ0n) is 16.7. The van der Waals surface area contributed by atoms with E-state index in [2.05, 4.69) is 6.58 Å². The molecule has 0 aliphatic heterocycles. The average molecular weight is 377 g/mol. The summed E-state index contributed by atoms with van der Waals surface area (Å²) in [6, 6.07) is 3.07. The van der Waals surface area contributed by atoms with E-state index in [1.54, 1.807) is 0 Å². The van der Waals surface area contributed by atoms with Gasteiger partial charge in [0.1, 0.15) is 11.6 Å². The Balaban J connectivity index is 1.51. The maximum atomic E-state index is 14.2. The molecule has 3 rings (SSSR count). The van der Waals surface area contributed by atoms with Crippen molar-refractivity contribution < 1.29 is 13.5 Å². The van der Waals surface area contributed by atoms with Crippen molar-refractivity contribution in [2.75, 3.05) is 7.11 Å². The highest BCUT2D eigenvalue weighted by atomic mass is 19.1. The van der Waals surface area contributed by atoms with Crippen molar-refractivity contribution in [3.8, 4) is 0 Å². The van der Waals surface area contributed by atoms with Gasteiger partial charge in [0, 0.05) is 12.7 Å². The Hall–Kier alpha value is -1.22. The summed E-state index contributed by atoms with van der Waals surface area (Å²) in [5, 5.41) is 0. The van der Waals surface area contributed by atoms with Crippen molar-refractivity contribution in [2.45, 2.75) is 76.7 Å². The number of allylic oxidation sites excluding steroid dienone is 1. The number of ether oxygens (including phenoxy) is 1. The fourth-order valence-electron chi connectivity index (χ4n) is 5.37. The van der Waals surface area contributed by atoms with Gasteiger partial charge < -0.3 is 4.74 Å². The highest BCUT2D eigenvalue weighted by Gasteiger charge is 2.31. The van der Waals surface area contributed by atoms with Gasteiger partial charge in [0.2, 0.25) is 0 Å². The standard InChI is InChI=1S/C24H34F2O/c1-3-4-5-17-6-8-18(9-7-17)19-10-12-20(13-11-19)21-14-23(25)22(16-27-2)24(26)15-21/h3,14-15,17-20H,1,4-13,16H2,2H3/t17-,18-,19-,20-. The lowest BCUT2D eigenvalue weighted by Crippen LogP contribution is -2.25. The molecule has 2 aliphatic carbocycles. The molecule has 0 aromatic heterocycles. The number of halogens is 2. The van der Waals surface area contributed by atoms with E-state index in [9.17, 15) is 8.78 Å². The van der Waals surface area contributed by atoms with E-state index in [4.69, 9.17) is 4.74 Å². The minimum absolute atomic E-state index is 0.0137. The summed E-state index contributed by atoms with van der Waals surface area (Å²) < 4.78 is 33.3. The fourth-order valence-corrected chi connectivity index (χ4v) is 5.37. The topological polar surface area (TPSA) is 9.23 Å². The first-order valence-electron chi connectivity index (χ1n) is 10.7. The molecule has 0 N–H and O–H groups in total. The molecule has 0 spiro atoms. The molecule has 0 amide bonds. The van der Waals surface area contributed by atoms with E-state index in [1.807, 2.05) is 6.08 Å². The van der Waals surface area contributed by atoms with E-state index >= 15 is 0 Å².